The second-order valence-electron chi connectivity index (χ2n) is 4.58. The number of hydrogen-bond acceptors (Lipinski definition) is 3. The van der Waals surface area contributed by atoms with Crippen molar-refractivity contribution in [2.24, 2.45) is 5.73 Å². The number of aliphatic hydroxyl groups excluding tert-OH is 1. The molecule has 3 N–H and O–H groups in total. The monoisotopic (exact) mass is 236 g/mol. The standard InChI is InChI=1S/C14H24N2O/c1-4-13(15)12-7-5-6-8-14(12)16(9-10-17)11(2)3/h5-8,11,13,17H,4,9-10,15H2,1-3H3. The van der Waals surface area contributed by atoms with E-state index in [2.05, 4.69) is 37.8 Å². The molecule has 1 unspecified atom stereocenters. The number of aliphatic hydroxyl groups is 1. The van der Waals surface area contributed by atoms with Crippen LogP contribution in [0.25, 0.3) is 0 Å². The molecule has 0 aromatic heterocycles. The molecule has 1 aromatic carbocycles. The number of hydrogen-bond donors (Lipinski definition) is 2. The molecule has 0 amide bonds. The average Bonchev–Trinajstić information content (AvgIpc) is 2.34. The van der Waals surface area contributed by atoms with Gasteiger partial charge in [0.2, 0.25) is 0 Å². The third-order valence-electron chi connectivity index (χ3n) is 3.05. The van der Waals surface area contributed by atoms with Crippen LogP contribution >= 0.6 is 0 Å². The number of rotatable bonds is 6. The Labute approximate surface area is 104 Å². The van der Waals surface area contributed by atoms with Crippen LogP contribution in [0.3, 0.4) is 0 Å². The van der Waals surface area contributed by atoms with E-state index in [0.29, 0.717) is 12.6 Å². The fourth-order valence-electron chi connectivity index (χ4n) is 2.05. The highest BCUT2D eigenvalue weighted by Gasteiger charge is 2.16. The van der Waals surface area contributed by atoms with E-state index in [9.17, 15) is 0 Å². The van der Waals surface area contributed by atoms with Gasteiger partial charge in [0.15, 0.2) is 0 Å². The minimum Gasteiger partial charge on any atom is -0.395 e. The molecule has 0 saturated heterocycles. The number of benzene rings is 1. The molecule has 96 valence electrons. The Morgan fingerprint density at radius 1 is 1.29 bits per heavy atom. The summed E-state index contributed by atoms with van der Waals surface area (Å²) in [7, 11) is 0. The summed E-state index contributed by atoms with van der Waals surface area (Å²) in [5.74, 6) is 0. The van der Waals surface area contributed by atoms with Crippen LogP contribution in [-0.4, -0.2) is 24.3 Å². The first-order valence-corrected chi connectivity index (χ1v) is 6.33. The Kier molecular flexibility index (Phi) is 5.45. The average molecular weight is 236 g/mol. The zero-order valence-corrected chi connectivity index (χ0v) is 11.1. The smallest absolute Gasteiger partial charge is 0.0606 e. The first-order chi connectivity index (χ1) is 8.11. The molecule has 0 heterocycles. The van der Waals surface area contributed by atoms with E-state index in [-0.39, 0.29) is 12.6 Å². The van der Waals surface area contributed by atoms with Crippen molar-refractivity contribution in [2.45, 2.75) is 39.3 Å². The summed E-state index contributed by atoms with van der Waals surface area (Å²) in [4.78, 5) is 2.20. The summed E-state index contributed by atoms with van der Waals surface area (Å²) < 4.78 is 0. The van der Waals surface area contributed by atoms with Crippen LogP contribution in [0.15, 0.2) is 24.3 Å². The highest BCUT2D eigenvalue weighted by molar-refractivity contribution is 5.55. The van der Waals surface area contributed by atoms with Crippen LogP contribution in [0.4, 0.5) is 5.69 Å². The summed E-state index contributed by atoms with van der Waals surface area (Å²) in [5, 5.41) is 9.16. The third-order valence-corrected chi connectivity index (χ3v) is 3.05. The molecule has 0 aliphatic carbocycles. The molecule has 3 heteroatoms. The molecule has 0 bridgehead atoms. The molecule has 3 nitrogen and oxygen atoms in total. The third kappa shape index (κ3) is 3.45. The Hall–Kier alpha value is -1.06. The van der Waals surface area contributed by atoms with E-state index >= 15 is 0 Å². The van der Waals surface area contributed by atoms with Crippen molar-refractivity contribution < 1.29 is 5.11 Å². The predicted octanol–water partition coefficient (Wildman–Crippen LogP) is 2.30. The maximum absolute atomic E-state index is 9.16. The van der Waals surface area contributed by atoms with Gasteiger partial charge in [0, 0.05) is 24.3 Å². The van der Waals surface area contributed by atoms with Gasteiger partial charge in [-0.1, -0.05) is 25.1 Å². The maximum Gasteiger partial charge on any atom is 0.0606 e. The van der Waals surface area contributed by atoms with Crippen molar-refractivity contribution in [2.75, 3.05) is 18.1 Å². The van der Waals surface area contributed by atoms with Crippen molar-refractivity contribution in [3.05, 3.63) is 29.8 Å². The van der Waals surface area contributed by atoms with Gasteiger partial charge in [-0.2, -0.15) is 0 Å². The van der Waals surface area contributed by atoms with Crippen LogP contribution in [0.1, 0.15) is 38.8 Å². The minimum absolute atomic E-state index is 0.0612. The Balaban J connectivity index is 3.09. The summed E-state index contributed by atoms with van der Waals surface area (Å²) in [5.41, 5.74) is 8.45. The maximum atomic E-state index is 9.16. The van der Waals surface area contributed by atoms with Gasteiger partial charge < -0.3 is 15.7 Å². The van der Waals surface area contributed by atoms with Gasteiger partial charge in [-0.15, -0.1) is 0 Å². The normalized spacial score (nSPS) is 12.8. The summed E-state index contributed by atoms with van der Waals surface area (Å²) >= 11 is 0. The molecule has 1 aromatic rings. The van der Waals surface area contributed by atoms with Gasteiger partial charge in [-0.25, -0.2) is 0 Å². The van der Waals surface area contributed by atoms with Crippen molar-refractivity contribution in [1.29, 1.82) is 0 Å². The summed E-state index contributed by atoms with van der Waals surface area (Å²) in [6.07, 6.45) is 0.919. The zero-order valence-electron chi connectivity index (χ0n) is 11.1. The van der Waals surface area contributed by atoms with Crippen LogP contribution < -0.4 is 10.6 Å². The van der Waals surface area contributed by atoms with Crippen LogP contribution in [0.2, 0.25) is 0 Å². The second-order valence-corrected chi connectivity index (χ2v) is 4.58. The molecule has 0 aliphatic heterocycles. The molecule has 0 spiro atoms. The van der Waals surface area contributed by atoms with Crippen molar-refractivity contribution in [1.82, 2.24) is 0 Å². The lowest BCUT2D eigenvalue weighted by Crippen LogP contribution is -2.34. The number of nitrogens with zero attached hydrogens (tertiary/aromatic N) is 1. The van der Waals surface area contributed by atoms with Gasteiger partial charge in [-0.3, -0.25) is 0 Å². The van der Waals surface area contributed by atoms with E-state index in [1.165, 1.54) is 0 Å². The van der Waals surface area contributed by atoms with Crippen LogP contribution in [0.5, 0.6) is 0 Å². The highest BCUT2D eigenvalue weighted by atomic mass is 16.3. The number of nitrogens with two attached hydrogens (primary N) is 1. The SMILES string of the molecule is CCC(N)c1ccccc1N(CCO)C(C)C. The van der Waals surface area contributed by atoms with Gasteiger partial charge in [-0.05, 0) is 31.9 Å². The highest BCUT2D eigenvalue weighted by Crippen LogP contribution is 2.27. The summed E-state index contributed by atoms with van der Waals surface area (Å²) in [6.45, 7) is 7.15. The molecule has 17 heavy (non-hydrogen) atoms. The van der Waals surface area contributed by atoms with E-state index in [0.717, 1.165) is 17.7 Å². The van der Waals surface area contributed by atoms with Gasteiger partial charge in [0.1, 0.15) is 0 Å². The molecular weight excluding hydrogens is 212 g/mol. The fourth-order valence-corrected chi connectivity index (χ4v) is 2.05. The predicted molar refractivity (Wildman–Crippen MR) is 73.2 cm³/mol. The van der Waals surface area contributed by atoms with Crippen molar-refractivity contribution in [3.63, 3.8) is 0 Å². The lowest BCUT2D eigenvalue weighted by Gasteiger charge is -2.31. The largest absolute Gasteiger partial charge is 0.395 e. The van der Waals surface area contributed by atoms with Crippen LogP contribution in [-0.2, 0) is 0 Å². The lowest BCUT2D eigenvalue weighted by atomic mass is 10.0. The van der Waals surface area contributed by atoms with Gasteiger partial charge >= 0.3 is 0 Å². The first kappa shape index (κ1) is 14.0. The van der Waals surface area contributed by atoms with E-state index in [1.54, 1.807) is 0 Å². The first-order valence-electron chi connectivity index (χ1n) is 6.33. The quantitative estimate of drug-likeness (QED) is 0.797. The van der Waals surface area contributed by atoms with E-state index in [4.69, 9.17) is 10.8 Å². The molecule has 1 rings (SSSR count). The van der Waals surface area contributed by atoms with E-state index in [1.807, 2.05) is 12.1 Å². The van der Waals surface area contributed by atoms with E-state index < -0.39 is 0 Å². The molecule has 1 atom stereocenters. The number of para-hydroxylation sites is 1. The summed E-state index contributed by atoms with van der Waals surface area (Å²) in [6, 6.07) is 8.62. The zero-order chi connectivity index (χ0) is 12.8. The molecule has 0 saturated carbocycles. The Bertz CT molecular complexity index is 339. The van der Waals surface area contributed by atoms with Gasteiger partial charge in [0.25, 0.3) is 0 Å². The van der Waals surface area contributed by atoms with Crippen LogP contribution in [0, 0.1) is 0 Å². The van der Waals surface area contributed by atoms with Gasteiger partial charge in [0.05, 0.1) is 6.61 Å². The molecule has 0 fully saturated rings. The second kappa shape index (κ2) is 6.62. The topological polar surface area (TPSA) is 49.5 Å². The number of anilines is 1. The van der Waals surface area contributed by atoms with Crippen molar-refractivity contribution in [3.8, 4) is 0 Å². The molecule has 0 aliphatic rings. The Morgan fingerprint density at radius 2 is 1.94 bits per heavy atom. The Morgan fingerprint density at radius 3 is 2.47 bits per heavy atom. The molecule has 0 radical (unpaired) electrons. The minimum atomic E-state index is 0.0612. The van der Waals surface area contributed by atoms with Crippen molar-refractivity contribution >= 4 is 5.69 Å². The molecular formula is C14H24N2O. The lowest BCUT2D eigenvalue weighted by molar-refractivity contribution is 0.299. The fraction of sp³-hybridized carbons (Fsp3) is 0.571.